The second-order valence-electron chi connectivity index (χ2n) is 6.31. The number of sulfonamides is 1. The summed E-state index contributed by atoms with van der Waals surface area (Å²) in [6, 6.07) is 16.2. The molecule has 4 nitrogen and oxygen atoms in total. The van der Waals surface area contributed by atoms with Gasteiger partial charge in [-0.3, -0.25) is 0 Å². The van der Waals surface area contributed by atoms with Crippen LogP contribution in [0.25, 0.3) is 0 Å². The number of thioether (sulfide) groups is 1. The van der Waals surface area contributed by atoms with Gasteiger partial charge < -0.3 is 4.90 Å². The first-order chi connectivity index (χ1) is 12.0. The van der Waals surface area contributed by atoms with Crippen molar-refractivity contribution in [2.75, 3.05) is 36.2 Å². The van der Waals surface area contributed by atoms with Gasteiger partial charge in [0, 0.05) is 36.8 Å². The Labute approximate surface area is 154 Å². The molecule has 0 N–H and O–H groups in total. The van der Waals surface area contributed by atoms with E-state index in [-0.39, 0.29) is 5.08 Å². The summed E-state index contributed by atoms with van der Waals surface area (Å²) in [4.78, 5) is 3.31. The summed E-state index contributed by atoms with van der Waals surface area (Å²) < 4.78 is 27.0. The first-order valence-electron chi connectivity index (χ1n) is 8.44. The van der Waals surface area contributed by atoms with Crippen molar-refractivity contribution in [2.45, 2.75) is 18.7 Å². The molecule has 0 unspecified atom stereocenters. The van der Waals surface area contributed by atoms with E-state index in [1.54, 1.807) is 4.31 Å². The Morgan fingerprint density at radius 3 is 2.12 bits per heavy atom. The molecule has 1 heterocycles. The molecule has 0 atom stereocenters. The van der Waals surface area contributed by atoms with E-state index in [0.29, 0.717) is 13.1 Å². The average molecular weight is 377 g/mol. The fourth-order valence-corrected chi connectivity index (χ4v) is 5.95. The van der Waals surface area contributed by atoms with E-state index in [1.807, 2.05) is 43.3 Å². The highest BCUT2D eigenvalue weighted by atomic mass is 32.3. The molecule has 0 bridgehead atoms. The first kappa shape index (κ1) is 18.3. The van der Waals surface area contributed by atoms with Gasteiger partial charge in [-0.15, -0.1) is 11.8 Å². The van der Waals surface area contributed by atoms with Crippen LogP contribution in [0.5, 0.6) is 0 Å². The van der Waals surface area contributed by atoms with Crippen molar-refractivity contribution in [3.05, 3.63) is 59.7 Å². The van der Waals surface area contributed by atoms with Gasteiger partial charge in [-0.25, -0.2) is 8.42 Å². The lowest BCUT2D eigenvalue weighted by atomic mass is 10.1. The summed E-state index contributed by atoms with van der Waals surface area (Å²) >= 11 is 1.40. The summed E-state index contributed by atoms with van der Waals surface area (Å²) in [6.07, 6.45) is 0. The van der Waals surface area contributed by atoms with E-state index in [0.717, 1.165) is 23.5 Å². The molecule has 1 saturated heterocycles. The predicted octanol–water partition coefficient (Wildman–Crippen LogP) is 3.51. The van der Waals surface area contributed by atoms with Gasteiger partial charge in [0.2, 0.25) is 10.0 Å². The topological polar surface area (TPSA) is 40.6 Å². The minimum Gasteiger partial charge on any atom is -0.369 e. The normalized spacial score (nSPS) is 16.2. The number of aryl methyl sites for hydroxylation is 2. The molecule has 1 aliphatic rings. The molecule has 3 rings (SSSR count). The van der Waals surface area contributed by atoms with Crippen LogP contribution in [0.15, 0.2) is 53.4 Å². The maximum absolute atomic E-state index is 12.7. The van der Waals surface area contributed by atoms with Gasteiger partial charge in [0.15, 0.2) is 0 Å². The lowest BCUT2D eigenvalue weighted by molar-refractivity contribution is 0.387. The average Bonchev–Trinajstić information content (AvgIpc) is 2.62. The number of rotatable bonds is 5. The molecule has 134 valence electrons. The van der Waals surface area contributed by atoms with Crippen LogP contribution in [0.1, 0.15) is 11.1 Å². The van der Waals surface area contributed by atoms with E-state index in [4.69, 9.17) is 0 Å². The van der Waals surface area contributed by atoms with Crippen LogP contribution in [-0.4, -0.2) is 44.0 Å². The van der Waals surface area contributed by atoms with Crippen molar-refractivity contribution in [1.29, 1.82) is 0 Å². The van der Waals surface area contributed by atoms with E-state index >= 15 is 0 Å². The monoisotopic (exact) mass is 376 g/mol. The highest BCUT2D eigenvalue weighted by Gasteiger charge is 2.27. The van der Waals surface area contributed by atoms with Crippen molar-refractivity contribution in [2.24, 2.45) is 0 Å². The Balaban J connectivity index is 1.60. The zero-order chi connectivity index (χ0) is 17.9. The van der Waals surface area contributed by atoms with Gasteiger partial charge in [0.05, 0.1) is 0 Å². The van der Waals surface area contributed by atoms with E-state index in [2.05, 4.69) is 24.0 Å². The lowest BCUT2D eigenvalue weighted by Gasteiger charge is -2.36. The van der Waals surface area contributed by atoms with Gasteiger partial charge in [0.1, 0.15) is 5.08 Å². The van der Waals surface area contributed by atoms with Gasteiger partial charge in [-0.1, -0.05) is 36.4 Å². The van der Waals surface area contributed by atoms with E-state index < -0.39 is 10.0 Å². The smallest absolute Gasteiger partial charge is 0.223 e. The van der Waals surface area contributed by atoms with Crippen LogP contribution < -0.4 is 4.90 Å². The summed E-state index contributed by atoms with van der Waals surface area (Å²) in [5.41, 5.74) is 3.55. The molecule has 6 heteroatoms. The van der Waals surface area contributed by atoms with Crippen LogP contribution in [0.3, 0.4) is 0 Å². The molecular weight excluding hydrogens is 352 g/mol. The Morgan fingerprint density at radius 2 is 1.48 bits per heavy atom. The zero-order valence-electron chi connectivity index (χ0n) is 14.7. The third kappa shape index (κ3) is 4.37. The molecule has 2 aromatic carbocycles. The lowest BCUT2D eigenvalue weighted by Crippen LogP contribution is -2.49. The van der Waals surface area contributed by atoms with Crippen LogP contribution in [0, 0.1) is 13.8 Å². The van der Waals surface area contributed by atoms with Gasteiger partial charge in [0.25, 0.3) is 0 Å². The fourth-order valence-electron chi connectivity index (χ4n) is 3.06. The molecule has 0 saturated carbocycles. The number of hydrogen-bond acceptors (Lipinski definition) is 4. The molecule has 0 radical (unpaired) electrons. The molecule has 1 aliphatic heterocycles. The third-order valence-electron chi connectivity index (χ3n) is 4.55. The quantitative estimate of drug-likeness (QED) is 0.749. The van der Waals surface area contributed by atoms with Gasteiger partial charge in [-0.2, -0.15) is 4.31 Å². The largest absolute Gasteiger partial charge is 0.369 e. The summed E-state index contributed by atoms with van der Waals surface area (Å²) in [7, 11) is -3.24. The first-order valence-corrected chi connectivity index (χ1v) is 11.0. The Morgan fingerprint density at radius 1 is 0.880 bits per heavy atom. The number of nitrogens with zero attached hydrogens (tertiary/aromatic N) is 2. The minimum atomic E-state index is -3.24. The molecule has 25 heavy (non-hydrogen) atoms. The standard InChI is InChI=1S/C19H24N2O2S2/c1-16-7-3-5-9-18(16)20-11-13-21(14-12-20)25(22,23)15-24-19-10-6-4-8-17(19)2/h3-10H,11-15H2,1-2H3. The Bertz CT molecular complexity index is 829. The van der Waals surface area contributed by atoms with Crippen molar-refractivity contribution in [1.82, 2.24) is 4.31 Å². The molecule has 0 spiro atoms. The molecular formula is C19H24N2O2S2. The summed E-state index contributed by atoms with van der Waals surface area (Å²) in [5, 5.41) is 0.0994. The molecule has 0 amide bonds. The van der Waals surface area contributed by atoms with Crippen LogP contribution in [0.2, 0.25) is 0 Å². The minimum absolute atomic E-state index is 0.0994. The number of piperazine rings is 1. The van der Waals surface area contributed by atoms with Crippen molar-refractivity contribution in [3.63, 3.8) is 0 Å². The highest BCUT2D eigenvalue weighted by Crippen LogP contribution is 2.26. The summed E-state index contributed by atoms with van der Waals surface area (Å²) in [6.45, 7) is 6.67. The van der Waals surface area contributed by atoms with Crippen LogP contribution in [-0.2, 0) is 10.0 Å². The maximum atomic E-state index is 12.7. The van der Waals surface area contributed by atoms with Gasteiger partial charge >= 0.3 is 0 Å². The second-order valence-corrected chi connectivity index (χ2v) is 9.66. The van der Waals surface area contributed by atoms with Crippen LogP contribution >= 0.6 is 11.8 Å². The van der Waals surface area contributed by atoms with E-state index in [1.165, 1.54) is 23.0 Å². The zero-order valence-corrected chi connectivity index (χ0v) is 16.3. The number of anilines is 1. The van der Waals surface area contributed by atoms with Crippen molar-refractivity contribution >= 4 is 27.5 Å². The van der Waals surface area contributed by atoms with Crippen molar-refractivity contribution < 1.29 is 8.42 Å². The Kier molecular flexibility index (Phi) is 5.71. The number of hydrogen-bond donors (Lipinski definition) is 0. The SMILES string of the molecule is Cc1ccccc1SCS(=O)(=O)N1CCN(c2ccccc2C)CC1. The molecule has 0 aromatic heterocycles. The van der Waals surface area contributed by atoms with Gasteiger partial charge in [-0.05, 0) is 37.1 Å². The van der Waals surface area contributed by atoms with Crippen molar-refractivity contribution in [3.8, 4) is 0 Å². The van der Waals surface area contributed by atoms with Crippen LogP contribution in [0.4, 0.5) is 5.69 Å². The molecule has 0 aliphatic carbocycles. The third-order valence-corrected chi connectivity index (χ3v) is 8.13. The number of para-hydroxylation sites is 1. The second kappa shape index (κ2) is 7.81. The molecule has 2 aromatic rings. The maximum Gasteiger partial charge on any atom is 0.223 e. The van der Waals surface area contributed by atoms with E-state index in [9.17, 15) is 8.42 Å². The number of benzene rings is 2. The molecule has 1 fully saturated rings. The summed E-state index contributed by atoms with van der Waals surface area (Å²) in [5.74, 6) is 0. The fraction of sp³-hybridized carbons (Fsp3) is 0.368. The Hall–Kier alpha value is -1.50. The highest BCUT2D eigenvalue weighted by molar-refractivity contribution is 8.11. The predicted molar refractivity (Wildman–Crippen MR) is 106 cm³/mol.